The van der Waals surface area contributed by atoms with Crippen LogP contribution < -0.4 is 16.4 Å². The Morgan fingerprint density at radius 3 is 2.48 bits per heavy atom. The second kappa shape index (κ2) is 9.65. The molecule has 1 heterocycles. The van der Waals surface area contributed by atoms with Crippen LogP contribution in [0, 0.1) is 11.3 Å². The Morgan fingerprint density at radius 1 is 1.09 bits per heavy atom. The van der Waals surface area contributed by atoms with Crippen molar-refractivity contribution in [3.63, 3.8) is 0 Å². The smallest absolute Gasteiger partial charge is 0.237 e. The number of carbonyl (C=O) groups is 2. The van der Waals surface area contributed by atoms with E-state index < -0.39 is 11.5 Å². The van der Waals surface area contributed by atoms with E-state index in [0.717, 1.165) is 31.5 Å². The van der Waals surface area contributed by atoms with Gasteiger partial charge in [0.15, 0.2) is 0 Å². The second-order valence-corrected chi connectivity index (χ2v) is 10.0. The van der Waals surface area contributed by atoms with Gasteiger partial charge in [-0.2, -0.15) is 0 Å². The van der Waals surface area contributed by atoms with Crippen molar-refractivity contribution in [2.75, 3.05) is 13.1 Å². The number of nitrogens with two attached hydrogens (primary N) is 1. The summed E-state index contributed by atoms with van der Waals surface area (Å²) in [6.07, 6.45) is 1.74. The molecule has 1 fully saturated rings. The van der Waals surface area contributed by atoms with Crippen LogP contribution in [0.1, 0.15) is 49.9 Å². The molecule has 2 aliphatic rings. The fourth-order valence-corrected chi connectivity index (χ4v) is 5.63. The minimum atomic E-state index is -0.610. The van der Waals surface area contributed by atoms with Gasteiger partial charge >= 0.3 is 0 Å². The molecule has 4 atom stereocenters. The van der Waals surface area contributed by atoms with Crippen LogP contribution in [0.2, 0.25) is 0 Å². The Hall–Kier alpha value is -2.70. The standard InChI is InChI=1S/C27H36N4O2/c1-18(2)29-26(33)23-16-31(15-20-9-5-4-6-10-20)17-27(23)14-13-21-11-7-8-12-22(21)24(27)30-25(32)19(3)28/h4-12,18-19,23-24H,13-17,28H2,1-3H3,(H,29,33)(H,30,32)/t19-,23-,24+,27+/m1/s1. The maximum Gasteiger partial charge on any atom is 0.237 e. The summed E-state index contributed by atoms with van der Waals surface area (Å²) in [5.41, 5.74) is 9.13. The number of aryl methyl sites for hydroxylation is 1. The van der Waals surface area contributed by atoms with E-state index in [0.29, 0.717) is 6.54 Å². The largest absolute Gasteiger partial charge is 0.354 e. The molecular formula is C27H36N4O2. The van der Waals surface area contributed by atoms with Gasteiger partial charge in [0.05, 0.1) is 18.0 Å². The van der Waals surface area contributed by atoms with Crippen LogP contribution in [0.15, 0.2) is 54.6 Å². The van der Waals surface area contributed by atoms with E-state index in [1.165, 1.54) is 11.1 Å². The third-order valence-electron chi connectivity index (χ3n) is 7.15. The summed E-state index contributed by atoms with van der Waals surface area (Å²) in [5.74, 6) is -0.337. The zero-order valence-electron chi connectivity index (χ0n) is 19.9. The van der Waals surface area contributed by atoms with Crippen molar-refractivity contribution < 1.29 is 9.59 Å². The average Bonchev–Trinajstić information content (AvgIpc) is 3.14. The highest BCUT2D eigenvalue weighted by Crippen LogP contribution is 2.53. The molecule has 1 aliphatic carbocycles. The summed E-state index contributed by atoms with van der Waals surface area (Å²) in [6.45, 7) is 7.88. The normalized spacial score (nSPS) is 25.6. The summed E-state index contributed by atoms with van der Waals surface area (Å²) in [5, 5.41) is 6.42. The molecule has 1 saturated heterocycles. The van der Waals surface area contributed by atoms with Crippen molar-refractivity contribution in [3.8, 4) is 0 Å². The van der Waals surface area contributed by atoms with Crippen LogP contribution in [0.3, 0.4) is 0 Å². The highest BCUT2D eigenvalue weighted by atomic mass is 16.2. The van der Waals surface area contributed by atoms with Crippen LogP contribution >= 0.6 is 0 Å². The maximum atomic E-state index is 13.5. The second-order valence-electron chi connectivity index (χ2n) is 10.0. The summed E-state index contributed by atoms with van der Waals surface area (Å²) < 4.78 is 0. The number of hydrogen-bond donors (Lipinski definition) is 3. The number of nitrogens with zero attached hydrogens (tertiary/aromatic N) is 1. The number of likely N-dealkylation sites (tertiary alicyclic amines) is 1. The number of fused-ring (bicyclic) bond motifs is 1. The summed E-state index contributed by atoms with van der Waals surface area (Å²) >= 11 is 0. The lowest BCUT2D eigenvalue weighted by molar-refractivity contribution is -0.131. The zero-order chi connectivity index (χ0) is 23.6. The van der Waals surface area contributed by atoms with Crippen LogP contribution in [0.4, 0.5) is 0 Å². The van der Waals surface area contributed by atoms with Gasteiger partial charge in [-0.3, -0.25) is 14.5 Å². The number of benzene rings is 2. The zero-order valence-corrected chi connectivity index (χ0v) is 19.9. The van der Waals surface area contributed by atoms with Crippen LogP contribution in [0.25, 0.3) is 0 Å². The van der Waals surface area contributed by atoms with Crippen molar-refractivity contribution >= 4 is 11.8 Å². The van der Waals surface area contributed by atoms with Crippen LogP contribution in [-0.2, 0) is 22.6 Å². The summed E-state index contributed by atoms with van der Waals surface area (Å²) in [4.78, 5) is 28.7. The molecule has 1 aliphatic heterocycles. The highest BCUT2D eigenvalue weighted by molar-refractivity contribution is 5.83. The average molecular weight is 449 g/mol. The third-order valence-corrected chi connectivity index (χ3v) is 7.15. The molecule has 33 heavy (non-hydrogen) atoms. The lowest BCUT2D eigenvalue weighted by atomic mass is 9.62. The molecular weight excluding hydrogens is 412 g/mol. The van der Waals surface area contributed by atoms with E-state index in [1.807, 2.05) is 44.2 Å². The fraction of sp³-hybridized carbons (Fsp3) is 0.481. The SMILES string of the molecule is CC(C)NC(=O)[C@H]1CN(Cc2ccccc2)C[C@@]12CCc1ccccc1[C@@H]2NC(=O)[C@@H](C)N. The Balaban J connectivity index is 1.74. The van der Waals surface area contributed by atoms with E-state index in [4.69, 9.17) is 5.73 Å². The molecule has 0 unspecified atom stereocenters. The molecule has 0 saturated carbocycles. The monoisotopic (exact) mass is 448 g/mol. The van der Waals surface area contributed by atoms with Crippen LogP contribution in [-0.4, -0.2) is 41.9 Å². The molecule has 6 nitrogen and oxygen atoms in total. The fourth-order valence-electron chi connectivity index (χ4n) is 5.63. The van der Waals surface area contributed by atoms with Crippen molar-refractivity contribution in [1.82, 2.24) is 15.5 Å². The Labute approximate surface area is 196 Å². The van der Waals surface area contributed by atoms with Gasteiger partial charge in [0.1, 0.15) is 0 Å². The molecule has 0 aromatic heterocycles. The minimum absolute atomic E-state index is 0.0608. The van der Waals surface area contributed by atoms with Gasteiger partial charge in [0, 0.05) is 31.1 Å². The Morgan fingerprint density at radius 2 is 1.79 bits per heavy atom. The van der Waals surface area contributed by atoms with Crippen molar-refractivity contribution in [2.24, 2.45) is 17.1 Å². The minimum Gasteiger partial charge on any atom is -0.354 e. The van der Waals surface area contributed by atoms with Crippen molar-refractivity contribution in [2.45, 2.75) is 58.3 Å². The topological polar surface area (TPSA) is 87.5 Å². The van der Waals surface area contributed by atoms with E-state index in [1.54, 1.807) is 6.92 Å². The van der Waals surface area contributed by atoms with E-state index >= 15 is 0 Å². The first-order chi connectivity index (χ1) is 15.8. The van der Waals surface area contributed by atoms with Crippen molar-refractivity contribution in [3.05, 3.63) is 71.3 Å². The molecule has 0 radical (unpaired) electrons. The molecule has 4 rings (SSSR count). The molecule has 1 spiro atoms. The molecule has 2 amide bonds. The molecule has 176 valence electrons. The van der Waals surface area contributed by atoms with E-state index in [9.17, 15) is 9.59 Å². The van der Waals surface area contributed by atoms with Gasteiger partial charge in [-0.15, -0.1) is 0 Å². The lowest BCUT2D eigenvalue weighted by Gasteiger charge is -2.46. The molecule has 0 bridgehead atoms. The Kier molecular flexibility index (Phi) is 6.86. The van der Waals surface area contributed by atoms with Gasteiger partial charge < -0.3 is 16.4 Å². The first kappa shape index (κ1) is 23.5. The Bertz CT molecular complexity index is 991. The third kappa shape index (κ3) is 4.82. The molecule has 4 N–H and O–H groups in total. The molecule has 6 heteroatoms. The highest BCUT2D eigenvalue weighted by Gasteiger charge is 2.56. The summed E-state index contributed by atoms with van der Waals surface area (Å²) in [6, 6.07) is 17.8. The van der Waals surface area contributed by atoms with E-state index in [2.05, 4.69) is 39.8 Å². The molecule has 2 aromatic rings. The van der Waals surface area contributed by atoms with Gasteiger partial charge in [-0.1, -0.05) is 54.6 Å². The maximum absolute atomic E-state index is 13.5. The molecule has 2 aromatic carbocycles. The number of amides is 2. The first-order valence-electron chi connectivity index (χ1n) is 12.0. The van der Waals surface area contributed by atoms with Gasteiger partial charge in [0.2, 0.25) is 11.8 Å². The number of nitrogens with one attached hydrogen (secondary N) is 2. The van der Waals surface area contributed by atoms with Crippen molar-refractivity contribution in [1.29, 1.82) is 0 Å². The predicted molar refractivity (Wildman–Crippen MR) is 130 cm³/mol. The van der Waals surface area contributed by atoms with E-state index in [-0.39, 0.29) is 29.8 Å². The number of hydrogen-bond acceptors (Lipinski definition) is 4. The lowest BCUT2D eigenvalue weighted by Crippen LogP contribution is -2.54. The first-order valence-corrected chi connectivity index (χ1v) is 12.0. The van der Waals surface area contributed by atoms with Gasteiger partial charge in [-0.25, -0.2) is 0 Å². The van der Waals surface area contributed by atoms with Gasteiger partial charge in [0.25, 0.3) is 0 Å². The number of carbonyl (C=O) groups excluding carboxylic acids is 2. The van der Waals surface area contributed by atoms with Crippen LogP contribution in [0.5, 0.6) is 0 Å². The predicted octanol–water partition coefficient (Wildman–Crippen LogP) is 2.78. The summed E-state index contributed by atoms with van der Waals surface area (Å²) in [7, 11) is 0. The quantitative estimate of drug-likeness (QED) is 0.634. The number of rotatable bonds is 6. The van der Waals surface area contributed by atoms with Gasteiger partial charge in [-0.05, 0) is 50.3 Å².